The minimum Gasteiger partial charge on any atom is -0.375 e. The highest BCUT2D eigenvalue weighted by Crippen LogP contribution is 2.35. The third-order valence-electron chi connectivity index (χ3n) is 4.54. The fraction of sp³-hybridized carbons (Fsp3) is 0.588. The third kappa shape index (κ3) is 3.23. The molecule has 1 amide bonds. The van der Waals surface area contributed by atoms with Crippen LogP contribution >= 0.6 is 11.3 Å². The Balaban J connectivity index is 1.87. The summed E-state index contributed by atoms with van der Waals surface area (Å²) in [5, 5.41) is 1.19. The number of nitrogens with zero attached hydrogens (tertiary/aromatic N) is 4. The topological polar surface area (TPSA) is 58.6 Å². The lowest BCUT2D eigenvalue weighted by Gasteiger charge is -2.23. The molecule has 0 unspecified atom stereocenters. The van der Waals surface area contributed by atoms with Crippen molar-refractivity contribution in [2.24, 2.45) is 0 Å². The molecule has 7 heteroatoms. The molecular formula is C17H24N4O2S. The maximum atomic E-state index is 12.1. The quantitative estimate of drug-likeness (QED) is 0.848. The second-order valence-electron chi connectivity index (χ2n) is 6.02. The van der Waals surface area contributed by atoms with Gasteiger partial charge in [0.1, 0.15) is 23.6 Å². The number of anilines is 1. The molecule has 1 fully saturated rings. The number of carbonyl (C=O) groups is 1. The zero-order valence-corrected chi connectivity index (χ0v) is 15.4. The van der Waals surface area contributed by atoms with Crippen LogP contribution in [0.25, 0.3) is 10.2 Å². The van der Waals surface area contributed by atoms with E-state index in [9.17, 15) is 4.79 Å². The number of ether oxygens (including phenoxy) is 1. The third-order valence-corrected chi connectivity index (χ3v) is 5.59. The first kappa shape index (κ1) is 17.1. The molecule has 1 aliphatic heterocycles. The van der Waals surface area contributed by atoms with E-state index in [4.69, 9.17) is 4.74 Å². The second-order valence-corrected chi connectivity index (χ2v) is 7.23. The molecule has 0 N–H and O–H groups in total. The van der Waals surface area contributed by atoms with Gasteiger partial charge in [-0.3, -0.25) is 4.79 Å². The number of thiophene rings is 1. The molecule has 1 saturated heterocycles. The van der Waals surface area contributed by atoms with E-state index in [2.05, 4.69) is 28.7 Å². The summed E-state index contributed by atoms with van der Waals surface area (Å²) in [6.07, 6.45) is 3.58. The zero-order chi connectivity index (χ0) is 17.1. The van der Waals surface area contributed by atoms with Crippen molar-refractivity contribution in [2.45, 2.75) is 26.7 Å². The van der Waals surface area contributed by atoms with Gasteiger partial charge in [-0.05, 0) is 25.3 Å². The predicted molar refractivity (Wildman–Crippen MR) is 96.8 cm³/mol. The van der Waals surface area contributed by atoms with Crippen LogP contribution in [0.15, 0.2) is 6.33 Å². The van der Waals surface area contributed by atoms with Gasteiger partial charge in [0.25, 0.3) is 0 Å². The van der Waals surface area contributed by atoms with Crippen molar-refractivity contribution < 1.29 is 9.53 Å². The van der Waals surface area contributed by atoms with Crippen molar-refractivity contribution in [2.75, 3.05) is 44.8 Å². The maximum Gasteiger partial charge on any atom is 0.248 e. The molecule has 0 radical (unpaired) electrons. The van der Waals surface area contributed by atoms with Gasteiger partial charge in [0, 0.05) is 38.2 Å². The molecular weight excluding hydrogens is 324 g/mol. The number of aryl methyl sites for hydroxylation is 2. The number of methoxy groups -OCH3 is 1. The molecule has 2 aromatic rings. The van der Waals surface area contributed by atoms with Crippen molar-refractivity contribution in [1.82, 2.24) is 14.9 Å². The van der Waals surface area contributed by atoms with E-state index in [1.165, 1.54) is 15.8 Å². The fourth-order valence-electron chi connectivity index (χ4n) is 3.34. The van der Waals surface area contributed by atoms with Crippen molar-refractivity contribution in [3.63, 3.8) is 0 Å². The summed E-state index contributed by atoms with van der Waals surface area (Å²) >= 11 is 1.74. The number of carbonyl (C=O) groups excluding carboxylic acids is 1. The number of hydrogen-bond donors (Lipinski definition) is 0. The molecule has 2 aromatic heterocycles. The molecule has 3 heterocycles. The van der Waals surface area contributed by atoms with Gasteiger partial charge >= 0.3 is 0 Å². The largest absolute Gasteiger partial charge is 0.375 e. The van der Waals surface area contributed by atoms with Crippen LogP contribution in [0, 0.1) is 6.92 Å². The van der Waals surface area contributed by atoms with Gasteiger partial charge in [-0.1, -0.05) is 6.92 Å². The molecule has 1 aliphatic rings. The number of hydrogen-bond acceptors (Lipinski definition) is 6. The highest BCUT2D eigenvalue weighted by Gasteiger charge is 2.23. The Morgan fingerprint density at radius 3 is 2.88 bits per heavy atom. The summed E-state index contributed by atoms with van der Waals surface area (Å²) in [6.45, 7) is 7.66. The van der Waals surface area contributed by atoms with Crippen molar-refractivity contribution in [3.05, 3.63) is 16.8 Å². The summed E-state index contributed by atoms with van der Waals surface area (Å²) in [5.41, 5.74) is 1.35. The van der Waals surface area contributed by atoms with Crippen LogP contribution in [0.1, 0.15) is 23.8 Å². The molecule has 0 spiro atoms. The fourth-order valence-corrected chi connectivity index (χ4v) is 4.42. The zero-order valence-electron chi connectivity index (χ0n) is 14.5. The first-order valence-corrected chi connectivity index (χ1v) is 9.22. The SMILES string of the molecule is CCc1c(C)sc2ncnc(N3CCCN(C(=O)COC)CC3)c12. The van der Waals surface area contributed by atoms with Gasteiger partial charge in [0.2, 0.25) is 5.91 Å². The van der Waals surface area contributed by atoms with Crippen LogP contribution in [-0.2, 0) is 16.0 Å². The van der Waals surface area contributed by atoms with Crippen molar-refractivity contribution in [3.8, 4) is 0 Å². The Bertz CT molecular complexity index is 731. The van der Waals surface area contributed by atoms with Gasteiger partial charge in [0.05, 0.1) is 5.39 Å². The van der Waals surface area contributed by atoms with E-state index in [1.54, 1.807) is 24.8 Å². The van der Waals surface area contributed by atoms with Gasteiger partial charge in [-0.15, -0.1) is 11.3 Å². The summed E-state index contributed by atoms with van der Waals surface area (Å²) in [6, 6.07) is 0. The predicted octanol–water partition coefficient (Wildman–Crippen LogP) is 2.25. The van der Waals surface area contributed by atoms with Gasteiger partial charge in [-0.25, -0.2) is 9.97 Å². The van der Waals surface area contributed by atoms with Gasteiger partial charge in [-0.2, -0.15) is 0 Å². The smallest absolute Gasteiger partial charge is 0.248 e. The minimum absolute atomic E-state index is 0.0628. The molecule has 0 saturated carbocycles. The molecule has 6 nitrogen and oxygen atoms in total. The first-order valence-electron chi connectivity index (χ1n) is 8.40. The molecule has 0 aromatic carbocycles. The standard InChI is InChI=1S/C17H24N4O2S/c1-4-13-12(2)24-17-15(13)16(18-11-19-17)21-7-5-6-20(8-9-21)14(22)10-23-3/h11H,4-10H2,1-3H3. The highest BCUT2D eigenvalue weighted by atomic mass is 32.1. The average molecular weight is 348 g/mol. The lowest BCUT2D eigenvalue weighted by molar-refractivity contribution is -0.134. The summed E-state index contributed by atoms with van der Waals surface area (Å²) in [7, 11) is 1.56. The highest BCUT2D eigenvalue weighted by molar-refractivity contribution is 7.18. The monoisotopic (exact) mass is 348 g/mol. The Hall–Kier alpha value is -1.73. The van der Waals surface area contributed by atoms with Crippen LogP contribution in [0.5, 0.6) is 0 Å². The summed E-state index contributed by atoms with van der Waals surface area (Å²) in [4.78, 5) is 27.7. The molecule has 130 valence electrons. The van der Waals surface area contributed by atoms with Gasteiger partial charge < -0.3 is 14.5 Å². The first-order chi connectivity index (χ1) is 11.7. The van der Waals surface area contributed by atoms with E-state index in [-0.39, 0.29) is 12.5 Å². The Kier molecular flexibility index (Phi) is 5.30. The van der Waals surface area contributed by atoms with E-state index < -0.39 is 0 Å². The minimum atomic E-state index is 0.0628. The Labute approximate surface area is 146 Å². The average Bonchev–Trinajstić information content (AvgIpc) is 2.74. The normalized spacial score (nSPS) is 15.8. The van der Waals surface area contributed by atoms with Crippen molar-refractivity contribution >= 4 is 33.3 Å². The summed E-state index contributed by atoms with van der Waals surface area (Å²) in [5.74, 6) is 1.08. The lowest BCUT2D eigenvalue weighted by atomic mass is 10.1. The molecule has 24 heavy (non-hydrogen) atoms. The van der Waals surface area contributed by atoms with Crippen molar-refractivity contribution in [1.29, 1.82) is 0 Å². The van der Waals surface area contributed by atoms with Crippen LogP contribution in [-0.4, -0.2) is 60.7 Å². The van der Waals surface area contributed by atoms with E-state index >= 15 is 0 Å². The number of rotatable bonds is 4. The second kappa shape index (κ2) is 7.44. The lowest BCUT2D eigenvalue weighted by Crippen LogP contribution is -2.37. The Morgan fingerprint density at radius 1 is 1.29 bits per heavy atom. The Morgan fingerprint density at radius 2 is 2.12 bits per heavy atom. The van der Waals surface area contributed by atoms with Crippen LogP contribution in [0.4, 0.5) is 5.82 Å². The van der Waals surface area contributed by atoms with E-state index in [1.807, 2.05) is 4.90 Å². The van der Waals surface area contributed by atoms with Crippen LogP contribution in [0.2, 0.25) is 0 Å². The molecule has 0 aliphatic carbocycles. The van der Waals surface area contributed by atoms with E-state index in [0.717, 1.165) is 43.1 Å². The molecule has 3 rings (SSSR count). The summed E-state index contributed by atoms with van der Waals surface area (Å²) < 4.78 is 4.98. The number of fused-ring (bicyclic) bond motifs is 1. The number of aromatic nitrogens is 2. The van der Waals surface area contributed by atoms with E-state index in [0.29, 0.717) is 6.54 Å². The molecule has 0 atom stereocenters. The van der Waals surface area contributed by atoms with Crippen LogP contribution in [0.3, 0.4) is 0 Å². The van der Waals surface area contributed by atoms with Gasteiger partial charge in [0.15, 0.2) is 0 Å². The number of amides is 1. The maximum absolute atomic E-state index is 12.1. The van der Waals surface area contributed by atoms with Crippen LogP contribution < -0.4 is 4.90 Å². The molecule has 0 bridgehead atoms.